The number of benzene rings is 1. The van der Waals surface area contributed by atoms with Crippen LogP contribution >= 0.6 is 0 Å². The van der Waals surface area contributed by atoms with Crippen molar-refractivity contribution in [1.29, 1.82) is 0 Å². The maximum Gasteiger partial charge on any atom is 0.251 e. The largest absolute Gasteiger partial charge is 0.369 e. The summed E-state index contributed by atoms with van der Waals surface area (Å²) in [6, 6.07) is 6.62. The van der Waals surface area contributed by atoms with E-state index in [1.807, 2.05) is 24.3 Å². The molecule has 8 nitrogen and oxygen atoms in total. The van der Waals surface area contributed by atoms with Crippen LogP contribution in [-0.4, -0.2) is 91.5 Å². The molecule has 0 bridgehead atoms. The number of ketones is 1. The molecule has 1 aliphatic carbocycles. The number of nitrogens with zero attached hydrogens (tertiary/aromatic N) is 3. The molecule has 3 heterocycles. The summed E-state index contributed by atoms with van der Waals surface area (Å²) in [5.74, 6) is -0.215. The molecule has 1 aromatic rings. The van der Waals surface area contributed by atoms with E-state index in [4.69, 9.17) is 4.74 Å². The molecule has 0 spiro atoms. The zero-order chi connectivity index (χ0) is 28.4. The third-order valence-corrected chi connectivity index (χ3v) is 9.66. The van der Waals surface area contributed by atoms with Crippen molar-refractivity contribution in [1.82, 2.24) is 15.1 Å². The van der Waals surface area contributed by atoms with Crippen molar-refractivity contribution in [2.75, 3.05) is 50.8 Å². The molecule has 3 aliphatic heterocycles. The third-order valence-electron chi connectivity index (χ3n) is 9.66. The van der Waals surface area contributed by atoms with Gasteiger partial charge < -0.3 is 19.9 Å². The van der Waals surface area contributed by atoms with Gasteiger partial charge in [0.15, 0.2) is 5.78 Å². The maximum absolute atomic E-state index is 14.2. The van der Waals surface area contributed by atoms with Gasteiger partial charge in [-0.3, -0.25) is 19.3 Å². The monoisotopic (exact) mass is 552 g/mol. The fourth-order valence-electron chi connectivity index (χ4n) is 7.27. The van der Waals surface area contributed by atoms with Crippen molar-refractivity contribution in [2.45, 2.75) is 84.4 Å². The van der Waals surface area contributed by atoms with E-state index in [1.54, 1.807) is 4.90 Å². The van der Waals surface area contributed by atoms with Crippen molar-refractivity contribution >= 4 is 23.3 Å². The topological polar surface area (TPSA) is 82.2 Å². The second-order valence-corrected chi connectivity index (χ2v) is 13.4. The Bertz CT molecular complexity index is 1050. The van der Waals surface area contributed by atoms with E-state index >= 15 is 0 Å². The average molecular weight is 553 g/mol. The highest BCUT2D eigenvalue weighted by Gasteiger charge is 2.56. The van der Waals surface area contributed by atoms with E-state index in [1.165, 1.54) is 6.42 Å². The number of rotatable bonds is 7. The van der Waals surface area contributed by atoms with E-state index in [-0.39, 0.29) is 47.6 Å². The van der Waals surface area contributed by atoms with E-state index in [0.717, 1.165) is 70.5 Å². The maximum atomic E-state index is 14.2. The molecule has 0 aromatic heterocycles. The number of ether oxygens (including phenoxy) is 1. The molecule has 1 aromatic carbocycles. The molecule has 4 fully saturated rings. The molecule has 2 amide bonds. The van der Waals surface area contributed by atoms with Gasteiger partial charge in [0.05, 0.1) is 6.10 Å². The predicted octanol–water partition coefficient (Wildman–Crippen LogP) is 3.74. The fraction of sp³-hybridized carbons (Fsp3) is 0.719. The Morgan fingerprint density at radius 3 is 2.33 bits per heavy atom. The lowest BCUT2D eigenvalue weighted by molar-refractivity contribution is -0.139. The average Bonchev–Trinajstić information content (AvgIpc) is 3.53. The number of anilines is 1. The Morgan fingerprint density at radius 1 is 1.02 bits per heavy atom. The number of amides is 2. The van der Waals surface area contributed by atoms with Gasteiger partial charge >= 0.3 is 0 Å². The smallest absolute Gasteiger partial charge is 0.251 e. The number of hydrogen-bond donors (Lipinski definition) is 1. The van der Waals surface area contributed by atoms with Crippen molar-refractivity contribution in [3.05, 3.63) is 29.8 Å². The molecule has 40 heavy (non-hydrogen) atoms. The van der Waals surface area contributed by atoms with Crippen LogP contribution < -0.4 is 10.2 Å². The first kappa shape index (κ1) is 29.1. The van der Waals surface area contributed by atoms with Gasteiger partial charge in [-0.2, -0.15) is 0 Å². The fourth-order valence-corrected chi connectivity index (χ4v) is 7.27. The lowest BCUT2D eigenvalue weighted by atomic mass is 9.78. The summed E-state index contributed by atoms with van der Waals surface area (Å²) in [4.78, 5) is 47.2. The zero-order valence-corrected chi connectivity index (χ0v) is 24.9. The summed E-state index contributed by atoms with van der Waals surface area (Å²) in [5.41, 5.74) is 1.59. The third kappa shape index (κ3) is 6.08. The molecular formula is C32H48N4O4. The highest BCUT2D eigenvalue weighted by atomic mass is 16.5. The number of carbonyl (C=O) groups excluding carboxylic acids is 3. The first-order valence-electron chi connectivity index (χ1n) is 15.5. The van der Waals surface area contributed by atoms with Gasteiger partial charge in [-0.15, -0.1) is 0 Å². The van der Waals surface area contributed by atoms with Gasteiger partial charge in [0.1, 0.15) is 18.7 Å². The van der Waals surface area contributed by atoms with Crippen LogP contribution in [0, 0.1) is 17.3 Å². The molecular weight excluding hydrogens is 504 g/mol. The van der Waals surface area contributed by atoms with Crippen molar-refractivity contribution in [2.24, 2.45) is 17.3 Å². The lowest BCUT2D eigenvalue weighted by Gasteiger charge is -2.36. The Kier molecular flexibility index (Phi) is 8.86. The molecule has 0 radical (unpaired) electrons. The summed E-state index contributed by atoms with van der Waals surface area (Å²) in [6.45, 7) is 14.4. The molecule has 8 heteroatoms. The highest BCUT2D eigenvalue weighted by molar-refractivity contribution is 5.99. The first-order valence-corrected chi connectivity index (χ1v) is 15.5. The van der Waals surface area contributed by atoms with Crippen molar-refractivity contribution in [3.63, 3.8) is 0 Å². The standard InChI is InChI=1S/C32H48N4O4/c1-5-15-34-16-18-35(19-17-34)24-13-11-23(12-14-24)30(38)33-27(22-9-7-6-8-10-22)31(39)36-20-25(32(2,3)4)29-28(36)26(37)21-40-29/h11-14,22,25,27-29H,5-10,15-21H2,1-4H3,(H,33,38)/t25-,27-,28+,29+/m0/s1. The number of likely N-dealkylation sites (tertiary alicyclic amines) is 1. The SMILES string of the molecule is CCCN1CCN(c2ccc(C(=O)N[C@H](C(=O)N3C[C@H](C(C)(C)C)[C@H]4OCC(=O)[C@H]43)C3CCCCC3)cc2)CC1. The first-order chi connectivity index (χ1) is 19.2. The lowest BCUT2D eigenvalue weighted by Crippen LogP contribution is -2.55. The van der Waals surface area contributed by atoms with Crippen molar-refractivity contribution < 1.29 is 19.1 Å². The molecule has 1 saturated carbocycles. The second-order valence-electron chi connectivity index (χ2n) is 13.4. The Labute approximate surface area is 239 Å². The zero-order valence-electron chi connectivity index (χ0n) is 24.9. The van der Waals surface area contributed by atoms with Crippen LogP contribution in [0.5, 0.6) is 0 Å². The summed E-state index contributed by atoms with van der Waals surface area (Å²) in [5, 5.41) is 3.14. The summed E-state index contributed by atoms with van der Waals surface area (Å²) >= 11 is 0. The minimum atomic E-state index is -0.633. The van der Waals surface area contributed by atoms with Crippen LogP contribution in [0.2, 0.25) is 0 Å². The Morgan fingerprint density at radius 2 is 1.70 bits per heavy atom. The molecule has 220 valence electrons. The van der Waals surface area contributed by atoms with Crippen LogP contribution in [0.1, 0.15) is 76.6 Å². The van der Waals surface area contributed by atoms with Crippen LogP contribution in [0.15, 0.2) is 24.3 Å². The van der Waals surface area contributed by atoms with Crippen LogP contribution in [0.4, 0.5) is 5.69 Å². The Balaban J connectivity index is 1.30. The quantitative estimate of drug-likeness (QED) is 0.555. The summed E-state index contributed by atoms with van der Waals surface area (Å²) in [7, 11) is 0. The second kappa shape index (κ2) is 12.2. The number of hydrogen-bond acceptors (Lipinski definition) is 6. The predicted molar refractivity (Wildman–Crippen MR) is 156 cm³/mol. The molecule has 1 N–H and O–H groups in total. The van der Waals surface area contributed by atoms with Crippen LogP contribution in [0.3, 0.4) is 0 Å². The van der Waals surface area contributed by atoms with E-state index in [9.17, 15) is 14.4 Å². The van der Waals surface area contributed by atoms with Gasteiger partial charge in [-0.25, -0.2) is 0 Å². The molecule has 5 rings (SSSR count). The summed E-state index contributed by atoms with van der Waals surface area (Å²) < 4.78 is 5.93. The van der Waals surface area contributed by atoms with E-state index in [0.29, 0.717) is 12.1 Å². The minimum absolute atomic E-state index is 0.0232. The minimum Gasteiger partial charge on any atom is -0.369 e. The number of carbonyl (C=O) groups is 3. The van der Waals surface area contributed by atoms with Crippen LogP contribution in [-0.2, 0) is 14.3 Å². The van der Waals surface area contributed by atoms with Gasteiger partial charge in [-0.1, -0.05) is 47.0 Å². The van der Waals surface area contributed by atoms with E-state index < -0.39 is 12.1 Å². The number of piperazine rings is 1. The molecule has 3 saturated heterocycles. The van der Waals surface area contributed by atoms with Gasteiger partial charge in [-0.05, 0) is 61.4 Å². The molecule has 4 aliphatic rings. The number of nitrogens with one attached hydrogen (secondary N) is 1. The van der Waals surface area contributed by atoms with Gasteiger partial charge in [0.25, 0.3) is 5.91 Å². The highest BCUT2D eigenvalue weighted by Crippen LogP contribution is 2.42. The number of Topliss-reactive ketones (excluding diaryl/α,β-unsaturated/α-hetero) is 1. The van der Waals surface area contributed by atoms with Gasteiger partial charge in [0.2, 0.25) is 5.91 Å². The molecule has 0 unspecified atom stereocenters. The molecule has 4 atom stereocenters. The van der Waals surface area contributed by atoms with Crippen LogP contribution in [0.25, 0.3) is 0 Å². The Hall–Kier alpha value is -2.45. The van der Waals surface area contributed by atoms with Crippen molar-refractivity contribution in [3.8, 4) is 0 Å². The van der Waals surface area contributed by atoms with Gasteiger partial charge in [0, 0.05) is 49.9 Å². The normalized spacial score (nSPS) is 27.1. The number of fused-ring (bicyclic) bond motifs is 1. The summed E-state index contributed by atoms with van der Waals surface area (Å²) in [6.07, 6.45) is 6.01. The van der Waals surface area contributed by atoms with E-state index in [2.05, 4.69) is 42.8 Å².